The van der Waals surface area contributed by atoms with Gasteiger partial charge in [-0.25, -0.2) is 0 Å². The topological polar surface area (TPSA) is 35.5 Å². The van der Waals surface area contributed by atoms with Gasteiger partial charge in [0.15, 0.2) is 0 Å². The molecule has 0 atom stereocenters. The van der Waals surface area contributed by atoms with Crippen molar-refractivity contribution in [3.05, 3.63) is 23.6 Å². The minimum atomic E-state index is -3.07. The summed E-state index contributed by atoms with van der Waals surface area (Å²) in [5.41, 5.74) is 2.19. The van der Waals surface area contributed by atoms with Crippen molar-refractivity contribution >= 4 is 38.5 Å². The van der Waals surface area contributed by atoms with Crippen LogP contribution in [0.2, 0.25) is 0 Å². The van der Waals surface area contributed by atoms with Gasteiger partial charge in [-0.3, -0.25) is 0 Å². The van der Waals surface area contributed by atoms with Crippen LogP contribution in [0.1, 0.15) is 0 Å². The van der Waals surface area contributed by atoms with Crippen molar-refractivity contribution in [1.29, 1.82) is 0 Å². The molecule has 0 aromatic rings. The predicted octanol–water partition coefficient (Wildman–Crippen LogP) is 1.59. The fraction of sp³-hybridized carbons (Fsp3) is 0. The maximum atomic E-state index is 10.5. The molecule has 0 radical (unpaired) electrons. The van der Waals surface area contributed by atoms with Gasteiger partial charge in [0, 0.05) is 0 Å². The molecule has 0 bridgehead atoms. The molecular formula is C4H5AsCl2O3. The molecule has 0 saturated carbocycles. The zero-order valence-corrected chi connectivity index (χ0v) is 8.40. The van der Waals surface area contributed by atoms with Gasteiger partial charge in [0.05, 0.1) is 0 Å². The van der Waals surface area contributed by atoms with E-state index in [9.17, 15) is 3.74 Å². The van der Waals surface area contributed by atoms with Crippen LogP contribution in [0.5, 0.6) is 0 Å². The van der Waals surface area contributed by atoms with Gasteiger partial charge < -0.3 is 0 Å². The molecule has 0 N–H and O–H groups in total. The fourth-order valence-corrected chi connectivity index (χ4v) is 1.52. The van der Waals surface area contributed by atoms with Crippen LogP contribution in [-0.2, 0) is 11.2 Å². The molecule has 0 aromatic carbocycles. The van der Waals surface area contributed by atoms with E-state index in [1.165, 1.54) is 0 Å². The van der Waals surface area contributed by atoms with E-state index in [0.29, 0.717) is 0 Å². The Morgan fingerprint density at radius 3 is 1.80 bits per heavy atom. The van der Waals surface area contributed by atoms with Crippen molar-refractivity contribution in [3.63, 3.8) is 0 Å². The van der Waals surface area contributed by atoms with Crippen LogP contribution in [-0.4, -0.2) is 15.3 Å². The molecule has 0 aliphatic rings. The number of halogens is 2. The molecule has 0 aromatic heterocycles. The zero-order valence-electron chi connectivity index (χ0n) is 4.79. The van der Waals surface area contributed by atoms with E-state index in [0.717, 1.165) is 23.6 Å². The molecule has 0 rings (SSSR count). The number of hydrogen-bond acceptors (Lipinski definition) is 3. The third kappa shape index (κ3) is 6.14. The van der Waals surface area contributed by atoms with Crippen molar-refractivity contribution in [2.45, 2.75) is 0 Å². The van der Waals surface area contributed by atoms with Crippen molar-refractivity contribution < 1.29 is 11.2 Å². The van der Waals surface area contributed by atoms with E-state index in [4.69, 9.17) is 23.2 Å². The summed E-state index contributed by atoms with van der Waals surface area (Å²) < 4.78 is 19.5. The Bertz CT molecular complexity index is 141. The van der Waals surface area contributed by atoms with Gasteiger partial charge in [-0.05, 0) is 0 Å². The van der Waals surface area contributed by atoms with E-state index in [1.807, 2.05) is 0 Å². The fourth-order valence-electron chi connectivity index (χ4n) is 0.190. The van der Waals surface area contributed by atoms with Gasteiger partial charge in [0.25, 0.3) is 0 Å². The summed E-state index contributed by atoms with van der Waals surface area (Å²) in [7, 11) is 0. The maximum absolute atomic E-state index is 10.5. The van der Waals surface area contributed by atoms with Crippen LogP contribution in [0.4, 0.5) is 0 Å². The van der Waals surface area contributed by atoms with E-state index in [2.05, 4.69) is 7.45 Å². The molecule has 10 heavy (non-hydrogen) atoms. The monoisotopic (exact) mass is 246 g/mol. The average Bonchev–Trinajstić information content (AvgIpc) is 1.97. The summed E-state index contributed by atoms with van der Waals surface area (Å²) in [6, 6.07) is 0. The summed E-state index contributed by atoms with van der Waals surface area (Å²) in [6.45, 7) is 0. The minimum absolute atomic E-state index is 1.09. The number of rotatable bonds is 4. The van der Waals surface area contributed by atoms with Crippen LogP contribution in [0.15, 0.2) is 23.6 Å². The Kier molecular flexibility index (Phi) is 7.14. The number of hydrogen-bond donors (Lipinski definition) is 0. The van der Waals surface area contributed by atoms with Gasteiger partial charge in [0.2, 0.25) is 0 Å². The molecule has 3 nitrogen and oxygen atoms in total. The van der Waals surface area contributed by atoms with E-state index in [1.54, 1.807) is 0 Å². The van der Waals surface area contributed by atoms with Crippen molar-refractivity contribution in [2.75, 3.05) is 0 Å². The first kappa shape index (κ1) is 10.0. The molecule has 0 spiro atoms. The molecule has 0 aliphatic heterocycles. The third-order valence-electron chi connectivity index (χ3n) is 0.431. The Hall–Kier alpha value is 0.0184. The van der Waals surface area contributed by atoms with Crippen molar-refractivity contribution in [2.24, 2.45) is 0 Å². The molecule has 0 saturated heterocycles. The van der Waals surface area contributed by atoms with Crippen LogP contribution in [0.25, 0.3) is 0 Å². The van der Waals surface area contributed by atoms with Crippen LogP contribution < -0.4 is 0 Å². The average molecular weight is 247 g/mol. The summed E-state index contributed by atoms with van der Waals surface area (Å²) in [6.07, 6.45) is 2.18. The van der Waals surface area contributed by atoms with Crippen molar-refractivity contribution in [3.8, 4) is 0 Å². The first-order chi connectivity index (χ1) is 4.81. The van der Waals surface area contributed by atoms with Crippen molar-refractivity contribution in [1.82, 2.24) is 0 Å². The molecule has 0 amide bonds. The first-order valence-electron chi connectivity index (χ1n) is 2.19. The van der Waals surface area contributed by atoms with Crippen LogP contribution in [0.3, 0.4) is 0 Å². The van der Waals surface area contributed by atoms with Crippen LogP contribution in [0, 0.1) is 0 Å². The van der Waals surface area contributed by atoms with Gasteiger partial charge in [-0.15, -0.1) is 0 Å². The zero-order chi connectivity index (χ0) is 7.82. The van der Waals surface area contributed by atoms with Crippen LogP contribution >= 0.6 is 23.2 Å². The van der Waals surface area contributed by atoms with E-state index < -0.39 is 15.3 Å². The second kappa shape index (κ2) is 7.13. The summed E-state index contributed by atoms with van der Waals surface area (Å²) in [5.74, 6) is 0. The Morgan fingerprint density at radius 2 is 1.50 bits per heavy atom. The second-order valence-corrected chi connectivity index (χ2v) is 3.55. The summed E-state index contributed by atoms with van der Waals surface area (Å²) >= 11 is 7.05. The van der Waals surface area contributed by atoms with Gasteiger partial charge >= 0.3 is 73.3 Å². The Morgan fingerprint density at radius 1 is 1.10 bits per heavy atom. The van der Waals surface area contributed by atoms with Gasteiger partial charge in [0.1, 0.15) is 0 Å². The molecule has 0 fully saturated rings. The molecular weight excluding hydrogens is 242 g/mol. The van der Waals surface area contributed by atoms with E-state index in [-0.39, 0.29) is 0 Å². The second-order valence-electron chi connectivity index (χ2n) is 1.01. The molecule has 0 unspecified atom stereocenters. The molecule has 0 heterocycles. The quantitative estimate of drug-likeness (QED) is 0.558. The molecule has 58 valence electrons. The first-order valence-corrected chi connectivity index (χ1v) is 5.63. The Labute approximate surface area is 73.4 Å². The predicted molar refractivity (Wildman–Crippen MR) is 40.0 cm³/mol. The van der Waals surface area contributed by atoms with E-state index >= 15 is 0 Å². The SMILES string of the molecule is O=[AsH](OC=CCl)OC=CCl. The van der Waals surface area contributed by atoms with Gasteiger partial charge in [-0.2, -0.15) is 0 Å². The normalized spacial score (nSPS) is 14.2. The summed E-state index contributed by atoms with van der Waals surface area (Å²) in [5, 5.41) is 0. The standard InChI is InChI=1S/C4H5AsCl2O3/c6-1-3-9-5(8)10-4-2-7/h1-5H. The third-order valence-corrected chi connectivity index (χ3v) is 2.02. The Balaban J connectivity index is 3.44. The van der Waals surface area contributed by atoms with Gasteiger partial charge in [-0.1, -0.05) is 0 Å². The molecule has 0 aliphatic carbocycles. The molecule has 6 heteroatoms. The summed E-state index contributed by atoms with van der Waals surface area (Å²) in [4.78, 5) is 0.